The van der Waals surface area contributed by atoms with E-state index in [4.69, 9.17) is 13.9 Å². The van der Waals surface area contributed by atoms with Crippen LogP contribution in [0.1, 0.15) is 39.6 Å². The van der Waals surface area contributed by atoms with Gasteiger partial charge in [-0.2, -0.15) is 0 Å². The van der Waals surface area contributed by atoms with Crippen molar-refractivity contribution in [1.82, 2.24) is 9.47 Å². The van der Waals surface area contributed by atoms with Gasteiger partial charge in [-0.3, -0.25) is 14.5 Å². The second kappa shape index (κ2) is 10.6. The van der Waals surface area contributed by atoms with E-state index in [9.17, 15) is 24.3 Å². The van der Waals surface area contributed by atoms with Gasteiger partial charge in [0.1, 0.15) is 28.1 Å². The van der Waals surface area contributed by atoms with Gasteiger partial charge in [0.25, 0.3) is 0 Å². The Hall–Kier alpha value is -4.71. The Labute approximate surface area is 238 Å². The number of ether oxygens (including phenoxy) is 2. The minimum Gasteiger partial charge on any atom is -0.497 e. The Morgan fingerprint density at radius 1 is 1.02 bits per heavy atom. The number of hydrogen-bond acceptors (Lipinski definition) is 9. The number of pyridine rings is 1. The van der Waals surface area contributed by atoms with E-state index in [-0.39, 0.29) is 40.8 Å². The quantitative estimate of drug-likeness (QED) is 0.246. The fourth-order valence-corrected chi connectivity index (χ4v) is 5.55. The predicted octanol–water partition coefficient (Wildman–Crippen LogP) is 3.30. The zero-order chi connectivity index (χ0) is 29.7. The maximum atomic E-state index is 15.6. The second-order valence-corrected chi connectivity index (χ2v) is 10.5. The zero-order valence-electron chi connectivity index (χ0n) is 23.0. The van der Waals surface area contributed by atoms with Crippen LogP contribution in [0.5, 0.6) is 11.5 Å². The van der Waals surface area contributed by atoms with Crippen LogP contribution in [0, 0.1) is 5.82 Å². The molecule has 1 aliphatic carbocycles. The third kappa shape index (κ3) is 4.77. The Morgan fingerprint density at radius 2 is 1.76 bits per heavy atom. The van der Waals surface area contributed by atoms with Gasteiger partial charge in [0.05, 0.1) is 31.7 Å². The van der Waals surface area contributed by atoms with Crippen LogP contribution in [0.15, 0.2) is 50.5 Å². The highest BCUT2D eigenvalue weighted by Gasteiger charge is 2.32. The number of carbonyl (C=O) groups is 2. The first kappa shape index (κ1) is 27.5. The molecule has 2 fully saturated rings. The number of anilines is 1. The maximum Gasteiger partial charge on any atom is 0.347 e. The number of fused-ring (bicyclic) bond motifs is 2. The number of piperazine rings is 1. The van der Waals surface area contributed by atoms with Crippen molar-refractivity contribution in [3.8, 4) is 11.5 Å². The maximum absolute atomic E-state index is 15.6. The number of Topliss-reactive ketones (excluding diaryl/α,β-unsaturated/α-hetero) is 1. The highest BCUT2D eigenvalue weighted by molar-refractivity contribution is 6.00. The van der Waals surface area contributed by atoms with Gasteiger partial charge in [-0.1, -0.05) is 0 Å². The van der Waals surface area contributed by atoms with Crippen molar-refractivity contribution in [1.29, 1.82) is 0 Å². The third-order valence-electron chi connectivity index (χ3n) is 7.87. The number of aromatic nitrogens is 1. The van der Waals surface area contributed by atoms with Gasteiger partial charge < -0.3 is 28.5 Å². The van der Waals surface area contributed by atoms with E-state index in [1.54, 1.807) is 27.7 Å². The molecular formula is C30H28FN3O8. The lowest BCUT2D eigenvalue weighted by Crippen LogP contribution is -2.48. The van der Waals surface area contributed by atoms with Crippen molar-refractivity contribution in [3.05, 3.63) is 74.1 Å². The monoisotopic (exact) mass is 577 g/mol. The van der Waals surface area contributed by atoms with E-state index in [0.717, 1.165) is 18.9 Å². The van der Waals surface area contributed by atoms with Crippen molar-refractivity contribution < 1.29 is 33.0 Å². The average Bonchev–Trinajstić information content (AvgIpc) is 3.82. The van der Waals surface area contributed by atoms with Gasteiger partial charge in [0.15, 0.2) is 17.3 Å². The minimum atomic E-state index is -1.37. The van der Waals surface area contributed by atoms with Gasteiger partial charge >= 0.3 is 11.6 Å². The number of carbonyl (C=O) groups excluding carboxylic acids is 1. The summed E-state index contributed by atoms with van der Waals surface area (Å²) in [5.41, 5.74) is -1.09. The number of benzene rings is 2. The Bertz CT molecular complexity index is 1870. The van der Waals surface area contributed by atoms with Gasteiger partial charge in [0.2, 0.25) is 5.43 Å². The molecule has 42 heavy (non-hydrogen) atoms. The molecule has 0 atom stereocenters. The molecule has 218 valence electrons. The average molecular weight is 578 g/mol. The number of hydrogen-bond donors (Lipinski definition) is 1. The van der Waals surface area contributed by atoms with Crippen molar-refractivity contribution in [2.75, 3.05) is 51.8 Å². The number of carboxylic acids is 1. The Balaban J connectivity index is 1.25. The Kier molecular flexibility index (Phi) is 6.93. The summed E-state index contributed by atoms with van der Waals surface area (Å²) in [6.45, 7) is 1.47. The van der Waals surface area contributed by atoms with E-state index >= 15 is 4.39 Å². The zero-order valence-corrected chi connectivity index (χ0v) is 23.0. The summed E-state index contributed by atoms with van der Waals surface area (Å²) in [6, 6.07) is 7.61. The van der Waals surface area contributed by atoms with E-state index in [1.165, 1.54) is 26.5 Å². The molecule has 1 saturated heterocycles. The molecule has 0 radical (unpaired) electrons. The summed E-state index contributed by atoms with van der Waals surface area (Å²) in [4.78, 5) is 54.0. The molecule has 0 bridgehead atoms. The van der Waals surface area contributed by atoms with Crippen molar-refractivity contribution in [2.45, 2.75) is 18.9 Å². The smallest absolute Gasteiger partial charge is 0.347 e. The summed E-state index contributed by atoms with van der Waals surface area (Å²) < 4.78 is 33.5. The van der Waals surface area contributed by atoms with Crippen molar-refractivity contribution in [3.63, 3.8) is 0 Å². The van der Waals surface area contributed by atoms with Crippen LogP contribution in [0.3, 0.4) is 0 Å². The van der Waals surface area contributed by atoms with Crippen LogP contribution >= 0.6 is 0 Å². The van der Waals surface area contributed by atoms with Gasteiger partial charge in [-0.05, 0) is 37.1 Å². The van der Waals surface area contributed by atoms with E-state index in [2.05, 4.69) is 0 Å². The SMILES string of the molecule is COc1ccc2cc(C(=O)CN3CCN(c4c(F)cc5c(=O)c(C(=O)O)cn(C6CC6)c5c4OC)CC3)c(=O)oc2c1. The van der Waals surface area contributed by atoms with E-state index < -0.39 is 28.4 Å². The van der Waals surface area contributed by atoms with Crippen LogP contribution in [0.4, 0.5) is 10.1 Å². The number of carboxylic acid groups (broad SMARTS) is 1. The number of rotatable bonds is 8. The first-order valence-electron chi connectivity index (χ1n) is 13.5. The molecule has 11 nitrogen and oxygen atoms in total. The van der Waals surface area contributed by atoms with Crippen LogP contribution in [0.2, 0.25) is 0 Å². The normalized spacial score (nSPS) is 15.7. The molecule has 3 heterocycles. The molecule has 0 amide bonds. The van der Waals surface area contributed by atoms with Gasteiger partial charge in [-0.15, -0.1) is 0 Å². The highest BCUT2D eigenvalue weighted by Crippen LogP contribution is 2.43. The van der Waals surface area contributed by atoms with Crippen LogP contribution < -0.4 is 25.4 Å². The van der Waals surface area contributed by atoms with Crippen LogP contribution in [0.25, 0.3) is 21.9 Å². The molecule has 1 aliphatic heterocycles. The fourth-order valence-electron chi connectivity index (χ4n) is 5.55. The summed E-state index contributed by atoms with van der Waals surface area (Å²) >= 11 is 0. The topological polar surface area (TPSA) is 132 Å². The lowest BCUT2D eigenvalue weighted by atomic mass is 10.1. The number of methoxy groups -OCH3 is 2. The van der Waals surface area contributed by atoms with Gasteiger partial charge in [0, 0.05) is 49.9 Å². The summed E-state index contributed by atoms with van der Waals surface area (Å²) in [7, 11) is 2.90. The highest BCUT2D eigenvalue weighted by atomic mass is 19.1. The predicted molar refractivity (Wildman–Crippen MR) is 152 cm³/mol. The lowest BCUT2D eigenvalue weighted by molar-refractivity contribution is 0.0694. The molecule has 0 spiro atoms. The molecular weight excluding hydrogens is 549 g/mol. The first-order valence-corrected chi connectivity index (χ1v) is 13.5. The summed E-state index contributed by atoms with van der Waals surface area (Å²) in [6.07, 6.45) is 2.94. The van der Waals surface area contributed by atoms with Crippen LogP contribution in [-0.4, -0.2) is 73.3 Å². The largest absolute Gasteiger partial charge is 0.497 e. The molecule has 4 aromatic rings. The molecule has 12 heteroatoms. The van der Waals surface area contributed by atoms with Crippen LogP contribution in [-0.2, 0) is 0 Å². The Morgan fingerprint density at radius 3 is 2.40 bits per heavy atom. The second-order valence-electron chi connectivity index (χ2n) is 10.5. The minimum absolute atomic E-state index is 0.00366. The third-order valence-corrected chi connectivity index (χ3v) is 7.87. The summed E-state index contributed by atoms with van der Waals surface area (Å²) in [5, 5.41) is 10.1. The molecule has 2 aromatic carbocycles. The number of ketones is 1. The van der Waals surface area contributed by atoms with E-state index in [0.29, 0.717) is 48.4 Å². The number of halogens is 1. The van der Waals surface area contributed by atoms with E-state index in [1.807, 2.05) is 4.90 Å². The lowest BCUT2D eigenvalue weighted by Gasteiger charge is -2.36. The number of nitrogens with zero attached hydrogens (tertiary/aromatic N) is 3. The molecule has 1 saturated carbocycles. The molecule has 2 aromatic heterocycles. The fraction of sp³-hybridized carbons (Fsp3) is 0.333. The van der Waals surface area contributed by atoms with Gasteiger partial charge in [-0.25, -0.2) is 14.0 Å². The molecule has 6 rings (SSSR count). The molecule has 1 N–H and O–H groups in total. The molecule has 0 unspecified atom stereocenters. The molecule has 2 aliphatic rings. The standard InChI is InChI=1S/C30H28FN3O8/c1-40-18-6-3-16-11-19(30(39)42-24(16)12-18)23(35)15-32-7-9-33(10-8-32)26-22(31)13-20-25(28(26)41-2)34(17-4-5-17)14-21(27(20)36)29(37)38/h3,6,11-14,17H,4-5,7-10,15H2,1-2H3,(H,37,38). The summed E-state index contributed by atoms with van der Waals surface area (Å²) in [5.74, 6) is -1.75. The van der Waals surface area contributed by atoms with Crippen molar-refractivity contribution in [2.24, 2.45) is 0 Å². The number of aromatic carboxylic acids is 1. The first-order chi connectivity index (χ1) is 20.2. The van der Waals surface area contributed by atoms with Crippen molar-refractivity contribution >= 4 is 39.3 Å².